The normalized spacial score (nSPS) is 10.3. The van der Waals surface area contributed by atoms with E-state index in [1.54, 1.807) is 26.0 Å². The highest BCUT2D eigenvalue weighted by Crippen LogP contribution is 2.19. The van der Waals surface area contributed by atoms with E-state index >= 15 is 0 Å². The number of nitrogens with one attached hydrogen (secondary N) is 1. The summed E-state index contributed by atoms with van der Waals surface area (Å²) in [6.07, 6.45) is 1.64. The van der Waals surface area contributed by atoms with E-state index in [0.29, 0.717) is 22.6 Å². The van der Waals surface area contributed by atoms with E-state index in [9.17, 15) is 14.4 Å². The molecule has 0 aliphatic heterocycles. The van der Waals surface area contributed by atoms with Crippen LogP contribution in [-0.4, -0.2) is 40.7 Å². The van der Waals surface area contributed by atoms with Crippen LogP contribution in [0.15, 0.2) is 22.8 Å². The fraction of sp³-hybridized carbons (Fsp3) is 0.368. The molecule has 2 aromatic heterocycles. The second kappa shape index (κ2) is 8.85. The number of hydrogen-bond donors (Lipinski definition) is 1. The molecule has 142 valence electrons. The number of hydrogen-bond acceptors (Lipinski definition) is 6. The van der Waals surface area contributed by atoms with Gasteiger partial charge in [0.25, 0.3) is 5.91 Å². The number of carbonyl (C=O) groups is 3. The van der Waals surface area contributed by atoms with Crippen molar-refractivity contribution in [3.8, 4) is 6.07 Å². The van der Waals surface area contributed by atoms with Crippen LogP contribution in [0.25, 0.3) is 0 Å². The summed E-state index contributed by atoms with van der Waals surface area (Å²) in [6, 6.07) is 5.40. The SMILES string of the molecule is CC(=O)c1c(C)[nH]c(C(=O)OCC(=O)N(CCC#N)Cc2ccco2)c1C. The number of Topliss-reactive ketones (excluding diaryl/α,β-unsaturated/α-hetero) is 1. The largest absolute Gasteiger partial charge is 0.467 e. The summed E-state index contributed by atoms with van der Waals surface area (Å²) >= 11 is 0. The van der Waals surface area contributed by atoms with E-state index in [0.717, 1.165) is 0 Å². The number of ether oxygens (including phenoxy) is 1. The van der Waals surface area contributed by atoms with Gasteiger partial charge in [0.15, 0.2) is 12.4 Å². The lowest BCUT2D eigenvalue weighted by Gasteiger charge is -2.20. The van der Waals surface area contributed by atoms with Gasteiger partial charge < -0.3 is 19.0 Å². The maximum atomic E-state index is 12.4. The number of aryl methyl sites for hydroxylation is 1. The summed E-state index contributed by atoms with van der Waals surface area (Å²) in [5, 5.41) is 8.77. The number of carbonyl (C=O) groups excluding carboxylic acids is 3. The van der Waals surface area contributed by atoms with Gasteiger partial charge in [-0.05, 0) is 38.5 Å². The standard InChI is InChI=1S/C19H21N3O5/c1-12-17(14(3)23)13(2)21-18(12)19(25)27-11-16(24)22(8-5-7-20)10-15-6-4-9-26-15/h4,6,9,21H,5,8,10-11H2,1-3H3. The van der Waals surface area contributed by atoms with Crippen molar-refractivity contribution < 1.29 is 23.5 Å². The molecule has 1 N–H and O–H groups in total. The molecule has 0 fully saturated rings. The lowest BCUT2D eigenvalue weighted by Crippen LogP contribution is -2.35. The first kappa shape index (κ1) is 20.0. The van der Waals surface area contributed by atoms with Gasteiger partial charge in [0.1, 0.15) is 11.5 Å². The van der Waals surface area contributed by atoms with Crippen LogP contribution in [0.4, 0.5) is 0 Å². The summed E-state index contributed by atoms with van der Waals surface area (Å²) in [5.41, 5.74) is 1.67. The molecule has 2 heterocycles. The smallest absolute Gasteiger partial charge is 0.355 e. The third kappa shape index (κ3) is 4.85. The Balaban J connectivity index is 2.03. The molecule has 0 unspecified atom stereocenters. The van der Waals surface area contributed by atoms with E-state index < -0.39 is 18.5 Å². The van der Waals surface area contributed by atoms with Crippen molar-refractivity contribution in [3.63, 3.8) is 0 Å². The minimum Gasteiger partial charge on any atom is -0.467 e. The maximum absolute atomic E-state index is 12.4. The van der Waals surface area contributed by atoms with Crippen molar-refractivity contribution in [2.45, 2.75) is 33.7 Å². The van der Waals surface area contributed by atoms with Crippen LogP contribution in [0.3, 0.4) is 0 Å². The number of ketones is 1. The van der Waals surface area contributed by atoms with E-state index in [1.165, 1.54) is 18.1 Å². The Morgan fingerprint density at radius 3 is 2.63 bits per heavy atom. The highest BCUT2D eigenvalue weighted by molar-refractivity contribution is 6.01. The molecule has 0 atom stereocenters. The van der Waals surface area contributed by atoms with Crippen molar-refractivity contribution in [1.29, 1.82) is 5.26 Å². The minimum atomic E-state index is -0.713. The molecule has 0 aromatic carbocycles. The van der Waals surface area contributed by atoms with Gasteiger partial charge in [0, 0.05) is 17.8 Å². The van der Waals surface area contributed by atoms with Crippen LogP contribution < -0.4 is 0 Å². The number of furan rings is 1. The lowest BCUT2D eigenvalue weighted by molar-refractivity contribution is -0.135. The average Bonchev–Trinajstić information content (AvgIpc) is 3.23. The summed E-state index contributed by atoms with van der Waals surface area (Å²) < 4.78 is 10.3. The number of nitrogens with zero attached hydrogens (tertiary/aromatic N) is 2. The fourth-order valence-electron chi connectivity index (χ4n) is 2.84. The molecule has 0 saturated heterocycles. The Morgan fingerprint density at radius 2 is 2.07 bits per heavy atom. The van der Waals surface area contributed by atoms with E-state index in [1.807, 2.05) is 6.07 Å². The number of esters is 1. The quantitative estimate of drug-likeness (QED) is 0.563. The average molecular weight is 371 g/mol. The number of rotatable bonds is 8. The molecule has 0 saturated carbocycles. The van der Waals surface area contributed by atoms with E-state index in [2.05, 4.69) is 4.98 Å². The highest BCUT2D eigenvalue weighted by Gasteiger charge is 2.23. The molecule has 0 aliphatic carbocycles. The number of aromatic amines is 1. The molecule has 0 spiro atoms. The Hall–Kier alpha value is -3.34. The van der Waals surface area contributed by atoms with Crippen molar-refractivity contribution in [3.05, 3.63) is 46.7 Å². The minimum absolute atomic E-state index is 0.150. The van der Waals surface area contributed by atoms with Gasteiger partial charge in [-0.3, -0.25) is 9.59 Å². The Morgan fingerprint density at radius 1 is 1.33 bits per heavy atom. The maximum Gasteiger partial charge on any atom is 0.355 e. The number of aromatic nitrogens is 1. The van der Waals surface area contributed by atoms with Crippen LogP contribution in [0.1, 0.15) is 51.2 Å². The Labute approximate surface area is 156 Å². The predicted octanol–water partition coefficient (Wildman–Crippen LogP) is 2.53. The number of H-pyrrole nitrogens is 1. The molecule has 0 radical (unpaired) electrons. The zero-order valence-corrected chi connectivity index (χ0v) is 15.5. The topological polar surface area (TPSA) is 116 Å². The molecule has 1 amide bonds. The van der Waals surface area contributed by atoms with E-state index in [-0.39, 0.29) is 31.0 Å². The van der Waals surface area contributed by atoms with Crippen LogP contribution >= 0.6 is 0 Å². The number of amides is 1. The van der Waals surface area contributed by atoms with E-state index in [4.69, 9.17) is 14.4 Å². The van der Waals surface area contributed by atoms with Gasteiger partial charge in [0.05, 0.1) is 25.3 Å². The molecule has 8 nitrogen and oxygen atoms in total. The lowest BCUT2D eigenvalue weighted by atomic mass is 10.1. The van der Waals surface area contributed by atoms with Crippen molar-refractivity contribution in [1.82, 2.24) is 9.88 Å². The van der Waals surface area contributed by atoms with Gasteiger partial charge in [0.2, 0.25) is 0 Å². The zero-order valence-electron chi connectivity index (χ0n) is 15.5. The van der Waals surface area contributed by atoms with Crippen LogP contribution in [0.5, 0.6) is 0 Å². The molecule has 2 rings (SSSR count). The first-order valence-corrected chi connectivity index (χ1v) is 8.39. The Kier molecular flexibility index (Phi) is 6.55. The molecular formula is C19H21N3O5. The van der Waals surface area contributed by atoms with Crippen molar-refractivity contribution in [2.75, 3.05) is 13.2 Å². The second-order valence-corrected chi connectivity index (χ2v) is 6.06. The first-order valence-electron chi connectivity index (χ1n) is 8.39. The highest BCUT2D eigenvalue weighted by atomic mass is 16.5. The number of nitriles is 1. The summed E-state index contributed by atoms with van der Waals surface area (Å²) in [7, 11) is 0. The predicted molar refractivity (Wildman–Crippen MR) is 94.9 cm³/mol. The van der Waals surface area contributed by atoms with Crippen molar-refractivity contribution in [2.24, 2.45) is 0 Å². The van der Waals surface area contributed by atoms with Gasteiger partial charge >= 0.3 is 5.97 Å². The van der Waals surface area contributed by atoms with Crippen LogP contribution in [0, 0.1) is 25.2 Å². The Bertz CT molecular complexity index is 874. The van der Waals surface area contributed by atoms with Gasteiger partial charge in [-0.2, -0.15) is 5.26 Å². The summed E-state index contributed by atoms with van der Waals surface area (Å²) in [5.74, 6) is -0.746. The molecule has 2 aromatic rings. The van der Waals surface area contributed by atoms with Crippen molar-refractivity contribution >= 4 is 17.7 Å². The third-order valence-electron chi connectivity index (χ3n) is 4.09. The van der Waals surface area contributed by atoms with Crippen LogP contribution in [0.2, 0.25) is 0 Å². The van der Waals surface area contributed by atoms with Gasteiger partial charge in [-0.15, -0.1) is 0 Å². The van der Waals surface area contributed by atoms with Gasteiger partial charge in [-0.1, -0.05) is 0 Å². The molecule has 0 aliphatic rings. The molecule has 8 heteroatoms. The van der Waals surface area contributed by atoms with Crippen LogP contribution in [-0.2, 0) is 16.1 Å². The third-order valence-corrected chi connectivity index (χ3v) is 4.09. The monoisotopic (exact) mass is 371 g/mol. The first-order chi connectivity index (χ1) is 12.8. The molecular weight excluding hydrogens is 350 g/mol. The summed E-state index contributed by atoms with van der Waals surface area (Å²) in [6.45, 7) is 4.66. The summed E-state index contributed by atoms with van der Waals surface area (Å²) in [4.78, 5) is 40.6. The van der Waals surface area contributed by atoms with Gasteiger partial charge in [-0.25, -0.2) is 4.79 Å². The molecule has 27 heavy (non-hydrogen) atoms. The fourth-order valence-corrected chi connectivity index (χ4v) is 2.84. The zero-order chi connectivity index (χ0) is 20.0. The second-order valence-electron chi connectivity index (χ2n) is 6.06. The molecule has 0 bridgehead atoms.